The standard InChI is InChI=1S/C2H2F2O2.Li/c3-1(4)2(5)6;/h1H,(H,5,6);. The number of alkyl halides is 2. The Labute approximate surface area is 50.7 Å². The minimum atomic E-state index is -3.23. The molecular formula is C2H2F2LiO2. The predicted octanol–water partition coefficient (Wildman–Crippen LogP) is -0.0447. The molecular weight excluding hydrogens is 101 g/mol. The van der Waals surface area contributed by atoms with Gasteiger partial charge in [-0.1, -0.05) is 0 Å². The SMILES string of the molecule is O=C(O)C(F)F.[Li]. The van der Waals surface area contributed by atoms with E-state index in [0.717, 1.165) is 0 Å². The molecule has 2 nitrogen and oxygen atoms in total. The van der Waals surface area contributed by atoms with Crippen LogP contribution in [0.3, 0.4) is 0 Å². The predicted molar refractivity (Wildman–Crippen MR) is 19.4 cm³/mol. The molecule has 0 aromatic heterocycles. The van der Waals surface area contributed by atoms with Crippen LogP contribution in [0.5, 0.6) is 0 Å². The Morgan fingerprint density at radius 1 is 1.57 bits per heavy atom. The van der Waals surface area contributed by atoms with E-state index in [-0.39, 0.29) is 18.9 Å². The third-order valence-corrected chi connectivity index (χ3v) is 0.187. The first-order valence-electron chi connectivity index (χ1n) is 1.15. The van der Waals surface area contributed by atoms with Gasteiger partial charge in [-0.25, -0.2) is 4.79 Å². The summed E-state index contributed by atoms with van der Waals surface area (Å²) in [6.07, 6.45) is -3.23. The fraction of sp³-hybridized carbons (Fsp3) is 0.500. The summed E-state index contributed by atoms with van der Waals surface area (Å²) >= 11 is 0. The maximum atomic E-state index is 10.6. The monoisotopic (exact) mass is 103 g/mol. The summed E-state index contributed by atoms with van der Waals surface area (Å²) in [6.45, 7) is 0. The molecule has 0 unspecified atom stereocenters. The van der Waals surface area contributed by atoms with E-state index in [4.69, 9.17) is 9.90 Å². The zero-order chi connectivity index (χ0) is 5.15. The van der Waals surface area contributed by atoms with Crippen LogP contribution in [0.4, 0.5) is 8.78 Å². The van der Waals surface area contributed by atoms with Gasteiger partial charge in [-0.05, 0) is 0 Å². The van der Waals surface area contributed by atoms with E-state index in [2.05, 4.69) is 0 Å². The molecule has 0 amide bonds. The van der Waals surface area contributed by atoms with Gasteiger partial charge in [0.2, 0.25) is 0 Å². The number of carboxylic acid groups (broad SMARTS) is 1. The van der Waals surface area contributed by atoms with Gasteiger partial charge < -0.3 is 5.11 Å². The van der Waals surface area contributed by atoms with Crippen LogP contribution < -0.4 is 0 Å². The third-order valence-electron chi connectivity index (χ3n) is 0.187. The van der Waals surface area contributed by atoms with Crippen molar-refractivity contribution in [3.63, 3.8) is 0 Å². The fourth-order valence-electron chi connectivity index (χ4n) is 0. The van der Waals surface area contributed by atoms with Crippen LogP contribution in [0.1, 0.15) is 0 Å². The summed E-state index contributed by atoms with van der Waals surface area (Å²) in [7, 11) is 0. The van der Waals surface area contributed by atoms with Crippen LogP contribution in [0.25, 0.3) is 0 Å². The van der Waals surface area contributed by atoms with Crippen molar-refractivity contribution in [3.8, 4) is 0 Å². The molecule has 7 heavy (non-hydrogen) atoms. The number of aliphatic carboxylic acids is 1. The third kappa shape index (κ3) is 5.93. The maximum Gasteiger partial charge on any atom is 0.371 e. The Kier molecular flexibility index (Phi) is 5.87. The zero-order valence-corrected chi connectivity index (χ0v) is 3.69. The summed E-state index contributed by atoms with van der Waals surface area (Å²) in [6, 6.07) is 0. The maximum absolute atomic E-state index is 10.6. The second-order valence-corrected chi connectivity index (χ2v) is 0.639. The molecule has 0 aromatic rings. The molecule has 1 N–H and O–H groups in total. The smallest absolute Gasteiger partial charge is 0.371 e. The molecule has 37 valence electrons. The molecule has 0 saturated carbocycles. The van der Waals surface area contributed by atoms with Gasteiger partial charge >= 0.3 is 12.4 Å². The van der Waals surface area contributed by atoms with Gasteiger partial charge in [0, 0.05) is 18.9 Å². The van der Waals surface area contributed by atoms with Gasteiger partial charge in [0.05, 0.1) is 0 Å². The molecule has 1 radical (unpaired) electrons. The van der Waals surface area contributed by atoms with Crippen molar-refractivity contribution < 1.29 is 18.7 Å². The molecule has 0 rings (SSSR count). The average molecular weight is 103 g/mol. The largest absolute Gasteiger partial charge is 0.477 e. The number of halogens is 2. The van der Waals surface area contributed by atoms with E-state index in [1.54, 1.807) is 0 Å². The molecule has 0 spiro atoms. The second-order valence-electron chi connectivity index (χ2n) is 0.639. The Morgan fingerprint density at radius 2 is 1.71 bits per heavy atom. The van der Waals surface area contributed by atoms with Gasteiger partial charge in [-0.3, -0.25) is 0 Å². The van der Waals surface area contributed by atoms with E-state index in [0.29, 0.717) is 0 Å². The van der Waals surface area contributed by atoms with E-state index in [9.17, 15) is 8.78 Å². The number of carboxylic acids is 1. The van der Waals surface area contributed by atoms with Crippen LogP contribution in [-0.4, -0.2) is 36.4 Å². The topological polar surface area (TPSA) is 37.3 Å². The van der Waals surface area contributed by atoms with Crippen molar-refractivity contribution in [2.75, 3.05) is 0 Å². The first-order chi connectivity index (χ1) is 2.64. The van der Waals surface area contributed by atoms with Crippen LogP contribution in [0.2, 0.25) is 0 Å². The second kappa shape index (κ2) is 4.10. The molecule has 0 atom stereocenters. The van der Waals surface area contributed by atoms with Crippen molar-refractivity contribution in [1.29, 1.82) is 0 Å². The molecule has 0 fully saturated rings. The summed E-state index contributed by atoms with van der Waals surface area (Å²) in [4.78, 5) is 8.95. The van der Waals surface area contributed by atoms with E-state index in [1.807, 2.05) is 0 Å². The molecule has 0 saturated heterocycles. The number of hydrogen-bond acceptors (Lipinski definition) is 1. The normalized spacial score (nSPS) is 7.86. The van der Waals surface area contributed by atoms with Crippen LogP contribution in [-0.2, 0) is 4.79 Å². The van der Waals surface area contributed by atoms with Crippen molar-refractivity contribution in [3.05, 3.63) is 0 Å². The Bertz CT molecular complexity index is 64.7. The molecule has 0 aromatic carbocycles. The molecule has 5 heteroatoms. The van der Waals surface area contributed by atoms with Gasteiger partial charge in [-0.2, -0.15) is 8.78 Å². The van der Waals surface area contributed by atoms with Gasteiger partial charge in [0.15, 0.2) is 0 Å². The van der Waals surface area contributed by atoms with E-state index in [1.165, 1.54) is 0 Å². The molecule has 0 bridgehead atoms. The van der Waals surface area contributed by atoms with E-state index >= 15 is 0 Å². The van der Waals surface area contributed by atoms with Crippen molar-refractivity contribution >= 4 is 24.8 Å². The first-order valence-corrected chi connectivity index (χ1v) is 1.15. The quantitative estimate of drug-likeness (QED) is 0.472. The molecule has 0 aliphatic carbocycles. The minimum absolute atomic E-state index is 0. The summed E-state index contributed by atoms with van der Waals surface area (Å²) in [5.74, 6) is -2.07. The van der Waals surface area contributed by atoms with E-state index < -0.39 is 12.4 Å². The van der Waals surface area contributed by atoms with Crippen LogP contribution in [0.15, 0.2) is 0 Å². The zero-order valence-electron chi connectivity index (χ0n) is 3.69. The Balaban J connectivity index is 0. The number of hydrogen-bond donors (Lipinski definition) is 1. The Hall–Kier alpha value is -0.0726. The van der Waals surface area contributed by atoms with Crippen molar-refractivity contribution in [2.45, 2.75) is 6.43 Å². The Morgan fingerprint density at radius 3 is 1.71 bits per heavy atom. The number of carbonyl (C=O) groups is 1. The molecule has 0 aliphatic rings. The fourth-order valence-corrected chi connectivity index (χ4v) is 0. The van der Waals surface area contributed by atoms with Crippen molar-refractivity contribution in [1.82, 2.24) is 0 Å². The van der Waals surface area contributed by atoms with Gasteiger partial charge in [-0.15, -0.1) is 0 Å². The van der Waals surface area contributed by atoms with Gasteiger partial charge in [0.1, 0.15) is 0 Å². The molecule has 0 aliphatic heterocycles. The molecule has 0 heterocycles. The van der Waals surface area contributed by atoms with Gasteiger partial charge in [0.25, 0.3) is 0 Å². The minimum Gasteiger partial charge on any atom is -0.477 e. The summed E-state index contributed by atoms with van der Waals surface area (Å²) < 4.78 is 21.1. The first kappa shape index (κ1) is 10.0. The summed E-state index contributed by atoms with van der Waals surface area (Å²) in [5.41, 5.74) is 0. The average Bonchev–Trinajstić information content (AvgIpc) is 1.36. The van der Waals surface area contributed by atoms with Crippen molar-refractivity contribution in [2.24, 2.45) is 0 Å². The number of rotatable bonds is 1. The van der Waals surface area contributed by atoms with Crippen LogP contribution in [0, 0.1) is 0 Å². The van der Waals surface area contributed by atoms with Crippen LogP contribution >= 0.6 is 0 Å². The summed E-state index contributed by atoms with van der Waals surface area (Å²) in [5, 5.41) is 7.24.